The molecule has 0 unspecified atom stereocenters. The molecule has 0 aliphatic rings. The monoisotopic (exact) mass is 299 g/mol. The summed E-state index contributed by atoms with van der Waals surface area (Å²) >= 11 is 5.71. The topological polar surface area (TPSA) is 73.3 Å². The van der Waals surface area contributed by atoms with Gasteiger partial charge in [0, 0.05) is 6.07 Å². The molecule has 2 aromatic carbocycles. The van der Waals surface area contributed by atoms with E-state index in [2.05, 4.69) is 5.32 Å². The largest absolute Gasteiger partial charge is 0.497 e. The molecule has 0 atom stereocenters. The minimum absolute atomic E-state index is 0.00999. The van der Waals surface area contributed by atoms with Crippen molar-refractivity contribution in [2.45, 2.75) is 0 Å². The maximum atomic E-state index is 14.0. The lowest BCUT2D eigenvalue weighted by molar-refractivity contribution is 0.414. The van der Waals surface area contributed by atoms with E-state index >= 15 is 0 Å². The Morgan fingerprint density at radius 3 is 2.50 bits per heavy atom. The van der Waals surface area contributed by atoms with Crippen LogP contribution >= 0.6 is 11.6 Å². The fourth-order valence-corrected chi connectivity index (χ4v) is 1.80. The third-order valence-electron chi connectivity index (χ3n) is 2.70. The summed E-state index contributed by atoms with van der Waals surface area (Å²) in [6, 6.07) is 5.30. The van der Waals surface area contributed by atoms with Crippen molar-refractivity contribution in [1.29, 1.82) is 0 Å². The second-order valence-electron chi connectivity index (χ2n) is 4.03. The number of benzene rings is 2. The lowest BCUT2D eigenvalue weighted by Crippen LogP contribution is -2.04. The highest BCUT2D eigenvalue weighted by Crippen LogP contribution is 2.36. The Balaban J connectivity index is 2.47. The van der Waals surface area contributed by atoms with E-state index in [4.69, 9.17) is 27.8 Å². The van der Waals surface area contributed by atoms with Gasteiger partial charge in [0.25, 0.3) is 0 Å². The van der Waals surface area contributed by atoms with Crippen molar-refractivity contribution in [3.63, 3.8) is 0 Å². The first kappa shape index (κ1) is 14.2. The van der Waals surface area contributed by atoms with E-state index in [0.717, 1.165) is 0 Å². The summed E-state index contributed by atoms with van der Waals surface area (Å²) in [6.45, 7) is 0. The van der Waals surface area contributed by atoms with Crippen LogP contribution in [0.5, 0.6) is 5.75 Å². The molecule has 0 fully saturated rings. The van der Waals surface area contributed by atoms with Crippen molar-refractivity contribution in [2.24, 2.45) is 0 Å². The highest BCUT2D eigenvalue weighted by atomic mass is 35.5. The van der Waals surface area contributed by atoms with Crippen LogP contribution in [-0.2, 0) is 0 Å². The molecular weight excluding hydrogens is 288 g/mol. The molecule has 2 rings (SSSR count). The molecule has 0 saturated heterocycles. The Morgan fingerprint density at radius 2 is 1.85 bits per heavy atom. The average Bonchev–Trinajstić information content (AvgIpc) is 2.43. The molecule has 0 aromatic heterocycles. The number of hydrogen-bond acceptors (Lipinski definition) is 4. The van der Waals surface area contributed by atoms with Crippen molar-refractivity contribution >= 4 is 34.4 Å². The first-order valence-electron chi connectivity index (χ1n) is 5.57. The summed E-state index contributed by atoms with van der Waals surface area (Å²) in [7, 11) is 1.44. The maximum Gasteiger partial charge on any atom is 0.169 e. The molecule has 20 heavy (non-hydrogen) atoms. The highest BCUT2D eigenvalue weighted by molar-refractivity contribution is 6.33. The number of ether oxygens (including phenoxy) is 1. The predicted octanol–water partition coefficient (Wildman–Crippen LogP) is 3.53. The minimum Gasteiger partial charge on any atom is -0.497 e. The van der Waals surface area contributed by atoms with E-state index < -0.39 is 11.6 Å². The van der Waals surface area contributed by atoms with Crippen LogP contribution in [0.4, 0.5) is 31.5 Å². The van der Waals surface area contributed by atoms with E-state index in [1.165, 1.54) is 31.4 Å². The fourth-order valence-electron chi connectivity index (χ4n) is 1.66. The third-order valence-corrected chi connectivity index (χ3v) is 3.08. The fraction of sp³-hybridized carbons (Fsp3) is 0.0769. The smallest absolute Gasteiger partial charge is 0.169 e. The molecule has 4 nitrogen and oxygen atoms in total. The number of nitrogen functional groups attached to an aromatic ring is 2. The molecule has 106 valence electrons. The third kappa shape index (κ3) is 2.55. The molecule has 2 aromatic rings. The zero-order valence-corrected chi connectivity index (χ0v) is 11.3. The first-order chi connectivity index (χ1) is 9.43. The minimum atomic E-state index is -0.841. The van der Waals surface area contributed by atoms with Gasteiger partial charge in [0.1, 0.15) is 16.6 Å². The van der Waals surface area contributed by atoms with Crippen molar-refractivity contribution in [2.75, 3.05) is 23.9 Å². The number of nitrogens with one attached hydrogen (secondary N) is 1. The quantitative estimate of drug-likeness (QED) is 0.758. The number of hydrogen-bond donors (Lipinski definition) is 3. The molecule has 0 saturated carbocycles. The Labute approximate surface area is 119 Å². The summed E-state index contributed by atoms with van der Waals surface area (Å²) < 4.78 is 32.7. The van der Waals surface area contributed by atoms with Crippen LogP contribution in [0, 0.1) is 11.6 Å². The number of nitrogens with two attached hydrogens (primary N) is 2. The van der Waals surface area contributed by atoms with Gasteiger partial charge < -0.3 is 21.5 Å². The summed E-state index contributed by atoms with van der Waals surface area (Å²) in [5, 5.41) is 2.28. The Hall–Kier alpha value is -2.21. The van der Waals surface area contributed by atoms with Crippen molar-refractivity contribution in [1.82, 2.24) is 0 Å². The summed E-state index contributed by atoms with van der Waals surface area (Å²) in [6.07, 6.45) is 0. The molecule has 0 radical (unpaired) electrons. The number of anilines is 4. The maximum absolute atomic E-state index is 14.0. The number of halogens is 3. The molecular formula is C13H12ClF2N3O. The van der Waals surface area contributed by atoms with Crippen molar-refractivity contribution < 1.29 is 13.5 Å². The lowest BCUT2D eigenvalue weighted by Gasteiger charge is -2.14. The van der Waals surface area contributed by atoms with Crippen LogP contribution in [-0.4, -0.2) is 7.11 Å². The van der Waals surface area contributed by atoms with Gasteiger partial charge in [-0.2, -0.15) is 0 Å². The van der Waals surface area contributed by atoms with Crippen LogP contribution in [0.15, 0.2) is 24.3 Å². The van der Waals surface area contributed by atoms with Crippen LogP contribution in [0.2, 0.25) is 5.02 Å². The average molecular weight is 300 g/mol. The standard InChI is InChI=1S/C13H12ClF2N3O/c1-20-6-2-3-7(15)10(4-6)19-13-9(18)5-8(17)11(14)12(13)16/h2-5,19H,17-18H2,1H3. The van der Waals surface area contributed by atoms with Crippen LogP contribution in [0.3, 0.4) is 0 Å². The highest BCUT2D eigenvalue weighted by Gasteiger charge is 2.16. The Kier molecular flexibility index (Phi) is 3.85. The zero-order chi connectivity index (χ0) is 14.9. The Bertz CT molecular complexity index is 665. The second-order valence-corrected chi connectivity index (χ2v) is 4.41. The first-order valence-corrected chi connectivity index (χ1v) is 5.95. The molecule has 0 amide bonds. The van der Waals surface area contributed by atoms with Gasteiger partial charge in [-0.1, -0.05) is 11.6 Å². The van der Waals surface area contributed by atoms with Crippen LogP contribution in [0.1, 0.15) is 0 Å². The van der Waals surface area contributed by atoms with E-state index in [0.29, 0.717) is 5.75 Å². The normalized spacial score (nSPS) is 10.4. The van der Waals surface area contributed by atoms with Gasteiger partial charge in [-0.05, 0) is 18.2 Å². The van der Waals surface area contributed by atoms with Gasteiger partial charge in [-0.25, -0.2) is 8.78 Å². The molecule has 0 aliphatic heterocycles. The molecule has 0 aliphatic carbocycles. The van der Waals surface area contributed by atoms with Crippen LogP contribution < -0.4 is 21.5 Å². The van der Waals surface area contributed by atoms with E-state index in [1.54, 1.807) is 0 Å². The second kappa shape index (κ2) is 5.42. The van der Waals surface area contributed by atoms with Gasteiger partial charge >= 0.3 is 0 Å². The molecule has 0 spiro atoms. The number of rotatable bonds is 3. The van der Waals surface area contributed by atoms with Crippen LogP contribution in [0.25, 0.3) is 0 Å². The summed E-state index contributed by atoms with van der Waals surface area (Å²) in [5.41, 5.74) is 11.1. The predicted molar refractivity (Wildman–Crippen MR) is 76.5 cm³/mol. The Morgan fingerprint density at radius 1 is 1.15 bits per heavy atom. The number of methoxy groups -OCH3 is 1. The van der Waals surface area contributed by atoms with Gasteiger partial charge in [0.2, 0.25) is 0 Å². The van der Waals surface area contributed by atoms with Gasteiger partial charge in [-0.3, -0.25) is 0 Å². The van der Waals surface area contributed by atoms with Gasteiger partial charge in [0.15, 0.2) is 5.82 Å². The summed E-state index contributed by atoms with van der Waals surface area (Å²) in [4.78, 5) is 0. The van der Waals surface area contributed by atoms with E-state index in [9.17, 15) is 8.78 Å². The molecule has 0 bridgehead atoms. The van der Waals surface area contributed by atoms with Crippen molar-refractivity contribution in [3.8, 4) is 5.75 Å². The SMILES string of the molecule is COc1ccc(F)c(Nc2c(N)cc(N)c(Cl)c2F)c1. The van der Waals surface area contributed by atoms with E-state index in [-0.39, 0.29) is 27.8 Å². The van der Waals surface area contributed by atoms with E-state index in [1.807, 2.05) is 0 Å². The lowest BCUT2D eigenvalue weighted by atomic mass is 10.2. The zero-order valence-electron chi connectivity index (χ0n) is 10.5. The van der Waals surface area contributed by atoms with Gasteiger partial charge in [-0.15, -0.1) is 0 Å². The molecule has 5 N–H and O–H groups in total. The molecule has 0 heterocycles. The summed E-state index contributed by atoms with van der Waals surface area (Å²) in [5.74, 6) is -1.02. The van der Waals surface area contributed by atoms with Crippen molar-refractivity contribution in [3.05, 3.63) is 40.9 Å². The van der Waals surface area contributed by atoms with Gasteiger partial charge in [0.05, 0.1) is 29.9 Å². The molecule has 7 heteroatoms.